The number of hydrogen-bond acceptors (Lipinski definition) is 2. The molecule has 1 amide bonds. The van der Waals surface area contributed by atoms with Gasteiger partial charge in [-0.2, -0.15) is 11.3 Å². The van der Waals surface area contributed by atoms with E-state index in [0.29, 0.717) is 6.42 Å². The predicted octanol–water partition coefficient (Wildman–Crippen LogP) is 4.62. The number of hydrogen-bond donors (Lipinski definition) is 1. The van der Waals surface area contributed by atoms with Gasteiger partial charge in [-0.1, -0.05) is 39.0 Å². The molecule has 106 valence electrons. The fourth-order valence-corrected chi connectivity index (χ4v) is 2.85. The number of aryl methyl sites for hydroxylation is 1. The van der Waals surface area contributed by atoms with Gasteiger partial charge in [0.2, 0.25) is 5.91 Å². The maximum Gasteiger partial charge on any atom is 0.224 e. The molecule has 0 bridgehead atoms. The van der Waals surface area contributed by atoms with E-state index in [9.17, 15) is 4.79 Å². The van der Waals surface area contributed by atoms with Gasteiger partial charge in [-0.25, -0.2) is 0 Å². The van der Waals surface area contributed by atoms with Gasteiger partial charge in [-0.05, 0) is 45.9 Å². The summed E-state index contributed by atoms with van der Waals surface area (Å²) in [4.78, 5) is 12.1. The second-order valence-corrected chi connectivity index (χ2v) is 6.76. The number of nitrogens with one attached hydrogen (secondary N) is 1. The molecule has 1 N–H and O–H groups in total. The van der Waals surface area contributed by atoms with Crippen molar-refractivity contribution >= 4 is 22.9 Å². The van der Waals surface area contributed by atoms with Gasteiger partial charge in [0.05, 0.1) is 0 Å². The molecule has 1 aromatic heterocycles. The standard InChI is InChI=1S/C17H21NOS/c1-17(2,3)14-6-4-5-7-15(14)18-16(19)9-8-13-10-11-20-12-13/h4-7,10-12H,8-9H2,1-3H3,(H,18,19). The van der Waals surface area contributed by atoms with Crippen LogP contribution in [0.1, 0.15) is 38.3 Å². The summed E-state index contributed by atoms with van der Waals surface area (Å²) in [6.07, 6.45) is 1.32. The molecule has 0 saturated heterocycles. The average Bonchev–Trinajstić information content (AvgIpc) is 2.89. The van der Waals surface area contributed by atoms with Crippen molar-refractivity contribution in [2.24, 2.45) is 0 Å². The van der Waals surface area contributed by atoms with Crippen molar-refractivity contribution in [2.45, 2.75) is 39.0 Å². The van der Waals surface area contributed by atoms with E-state index in [1.54, 1.807) is 11.3 Å². The Morgan fingerprint density at radius 3 is 2.60 bits per heavy atom. The Bertz CT molecular complexity index is 567. The molecule has 2 rings (SSSR count). The second-order valence-electron chi connectivity index (χ2n) is 5.98. The van der Waals surface area contributed by atoms with E-state index in [1.165, 1.54) is 11.1 Å². The topological polar surface area (TPSA) is 29.1 Å². The zero-order valence-electron chi connectivity index (χ0n) is 12.3. The number of anilines is 1. The second kappa shape index (κ2) is 6.23. The molecule has 2 nitrogen and oxygen atoms in total. The summed E-state index contributed by atoms with van der Waals surface area (Å²) in [6, 6.07) is 10.1. The van der Waals surface area contributed by atoms with Gasteiger partial charge in [-0.15, -0.1) is 0 Å². The summed E-state index contributed by atoms with van der Waals surface area (Å²) in [6.45, 7) is 6.47. The van der Waals surface area contributed by atoms with Crippen molar-refractivity contribution in [3.63, 3.8) is 0 Å². The van der Waals surface area contributed by atoms with Crippen LogP contribution in [0.4, 0.5) is 5.69 Å². The summed E-state index contributed by atoms with van der Waals surface area (Å²) in [5, 5.41) is 7.18. The van der Waals surface area contributed by atoms with Crippen LogP contribution in [0.5, 0.6) is 0 Å². The van der Waals surface area contributed by atoms with Crippen molar-refractivity contribution in [3.05, 3.63) is 52.2 Å². The van der Waals surface area contributed by atoms with E-state index in [0.717, 1.165) is 12.1 Å². The van der Waals surface area contributed by atoms with Crippen molar-refractivity contribution in [1.82, 2.24) is 0 Å². The summed E-state index contributed by atoms with van der Waals surface area (Å²) < 4.78 is 0. The Labute approximate surface area is 124 Å². The lowest BCUT2D eigenvalue weighted by atomic mass is 9.86. The molecule has 1 heterocycles. The molecule has 20 heavy (non-hydrogen) atoms. The first kappa shape index (κ1) is 14.8. The SMILES string of the molecule is CC(C)(C)c1ccccc1NC(=O)CCc1ccsc1. The van der Waals surface area contributed by atoms with E-state index in [2.05, 4.69) is 43.6 Å². The fraction of sp³-hybridized carbons (Fsp3) is 0.353. The number of carbonyl (C=O) groups is 1. The number of para-hydroxylation sites is 1. The van der Waals surface area contributed by atoms with E-state index in [-0.39, 0.29) is 11.3 Å². The molecule has 1 aromatic carbocycles. The van der Waals surface area contributed by atoms with Crippen molar-refractivity contribution in [3.8, 4) is 0 Å². The number of rotatable bonds is 4. The highest BCUT2D eigenvalue weighted by atomic mass is 32.1. The maximum absolute atomic E-state index is 12.1. The number of benzene rings is 1. The molecule has 0 aliphatic rings. The van der Waals surface area contributed by atoms with Gasteiger partial charge in [0.25, 0.3) is 0 Å². The lowest BCUT2D eigenvalue weighted by molar-refractivity contribution is -0.116. The molecule has 0 fully saturated rings. The van der Waals surface area contributed by atoms with Gasteiger partial charge in [0.15, 0.2) is 0 Å². The Hall–Kier alpha value is -1.61. The molecule has 0 aliphatic carbocycles. The molecular formula is C17H21NOS. The van der Waals surface area contributed by atoms with Gasteiger partial charge >= 0.3 is 0 Å². The van der Waals surface area contributed by atoms with Crippen LogP contribution in [0.2, 0.25) is 0 Å². The Morgan fingerprint density at radius 2 is 1.95 bits per heavy atom. The maximum atomic E-state index is 12.1. The number of amides is 1. The minimum Gasteiger partial charge on any atom is -0.326 e. The van der Waals surface area contributed by atoms with Gasteiger partial charge in [0, 0.05) is 12.1 Å². The molecule has 3 heteroatoms. The third-order valence-corrected chi connectivity index (χ3v) is 3.96. The van der Waals surface area contributed by atoms with Gasteiger partial charge in [-0.3, -0.25) is 4.79 Å². The highest BCUT2D eigenvalue weighted by molar-refractivity contribution is 7.07. The van der Waals surface area contributed by atoms with Crippen LogP contribution in [-0.2, 0) is 16.6 Å². The Kier molecular flexibility index (Phi) is 4.61. The molecule has 0 atom stereocenters. The van der Waals surface area contributed by atoms with Crippen LogP contribution in [-0.4, -0.2) is 5.91 Å². The summed E-state index contributed by atoms with van der Waals surface area (Å²) >= 11 is 1.67. The number of thiophene rings is 1. The van der Waals surface area contributed by atoms with Crippen LogP contribution in [0.25, 0.3) is 0 Å². The van der Waals surface area contributed by atoms with Crippen molar-refractivity contribution < 1.29 is 4.79 Å². The average molecular weight is 287 g/mol. The Balaban J connectivity index is 2.01. The minimum absolute atomic E-state index is 0.0250. The van der Waals surface area contributed by atoms with Crippen LogP contribution in [0.15, 0.2) is 41.1 Å². The van der Waals surface area contributed by atoms with Crippen LogP contribution in [0.3, 0.4) is 0 Å². The summed E-state index contributed by atoms with van der Waals surface area (Å²) in [5.41, 5.74) is 3.35. The zero-order valence-corrected chi connectivity index (χ0v) is 13.1. The predicted molar refractivity (Wildman–Crippen MR) is 86.4 cm³/mol. The van der Waals surface area contributed by atoms with Gasteiger partial charge < -0.3 is 5.32 Å². The summed E-state index contributed by atoms with van der Waals surface area (Å²) in [7, 11) is 0. The van der Waals surface area contributed by atoms with Gasteiger partial charge in [0.1, 0.15) is 0 Å². The molecule has 0 unspecified atom stereocenters. The van der Waals surface area contributed by atoms with E-state index < -0.39 is 0 Å². The molecule has 0 radical (unpaired) electrons. The summed E-state index contributed by atoms with van der Waals surface area (Å²) in [5.74, 6) is 0.0768. The molecule has 0 spiro atoms. The monoisotopic (exact) mass is 287 g/mol. The van der Waals surface area contributed by atoms with Crippen molar-refractivity contribution in [1.29, 1.82) is 0 Å². The van der Waals surface area contributed by atoms with E-state index >= 15 is 0 Å². The lowest BCUT2D eigenvalue weighted by Crippen LogP contribution is -2.18. The minimum atomic E-state index is 0.0250. The first-order chi connectivity index (χ1) is 9.47. The zero-order chi connectivity index (χ0) is 14.6. The quantitative estimate of drug-likeness (QED) is 0.873. The largest absolute Gasteiger partial charge is 0.326 e. The molecule has 2 aromatic rings. The van der Waals surface area contributed by atoms with Crippen molar-refractivity contribution in [2.75, 3.05) is 5.32 Å². The molecular weight excluding hydrogens is 266 g/mol. The van der Waals surface area contributed by atoms with Crippen LogP contribution in [0, 0.1) is 0 Å². The van der Waals surface area contributed by atoms with Crippen LogP contribution >= 0.6 is 11.3 Å². The first-order valence-corrected chi connectivity index (χ1v) is 7.81. The third-order valence-electron chi connectivity index (χ3n) is 3.23. The molecule has 0 saturated carbocycles. The number of carbonyl (C=O) groups excluding carboxylic acids is 1. The van der Waals surface area contributed by atoms with E-state index in [1.807, 2.05) is 23.6 Å². The smallest absolute Gasteiger partial charge is 0.224 e. The normalized spacial score (nSPS) is 11.3. The van der Waals surface area contributed by atoms with Crippen LogP contribution < -0.4 is 5.32 Å². The third kappa shape index (κ3) is 3.94. The fourth-order valence-electron chi connectivity index (χ4n) is 2.15. The highest BCUT2D eigenvalue weighted by Gasteiger charge is 2.18. The lowest BCUT2D eigenvalue weighted by Gasteiger charge is -2.23. The molecule has 0 aliphatic heterocycles. The Morgan fingerprint density at radius 1 is 1.20 bits per heavy atom. The highest BCUT2D eigenvalue weighted by Crippen LogP contribution is 2.29. The first-order valence-electron chi connectivity index (χ1n) is 6.87. The van der Waals surface area contributed by atoms with E-state index in [4.69, 9.17) is 0 Å².